The fourth-order valence-electron chi connectivity index (χ4n) is 2.18. The van der Waals surface area contributed by atoms with Gasteiger partial charge in [-0.3, -0.25) is 0 Å². The van der Waals surface area contributed by atoms with Crippen molar-refractivity contribution < 1.29 is 0 Å². The van der Waals surface area contributed by atoms with Gasteiger partial charge in [-0.2, -0.15) is 0 Å². The zero-order valence-electron chi connectivity index (χ0n) is 13.4. The Hall–Kier alpha value is -0.260. The summed E-state index contributed by atoms with van der Waals surface area (Å²) in [6.07, 6.45) is 19.9. The summed E-state index contributed by atoms with van der Waals surface area (Å²) in [6, 6.07) is 0. The summed E-state index contributed by atoms with van der Waals surface area (Å²) in [5, 5.41) is 0. The molecule has 0 saturated carbocycles. The molecule has 0 amide bonds. The third kappa shape index (κ3) is 15.7. The maximum Gasteiger partial charge on any atom is -0.0351 e. The standard InChI is InChI=1S/C18H36/c1-5-6-7-8-9-10-11-12-13-14-15-16-17-18(2,3)4/h8-9H,5-7,10-17H2,1-4H3/b9-8+. The highest BCUT2D eigenvalue weighted by atomic mass is 14.1. The first-order valence-electron chi connectivity index (χ1n) is 8.21. The fourth-order valence-corrected chi connectivity index (χ4v) is 2.18. The molecule has 0 bridgehead atoms. The number of hydrogen-bond acceptors (Lipinski definition) is 0. The van der Waals surface area contributed by atoms with E-state index in [2.05, 4.69) is 39.8 Å². The molecule has 0 N–H and O–H groups in total. The average Bonchev–Trinajstić information content (AvgIpc) is 2.29. The first kappa shape index (κ1) is 17.7. The Labute approximate surface area is 116 Å². The number of hydrogen-bond donors (Lipinski definition) is 0. The Morgan fingerprint density at radius 1 is 0.667 bits per heavy atom. The zero-order valence-corrected chi connectivity index (χ0v) is 13.4. The molecular weight excluding hydrogens is 216 g/mol. The molecular formula is C18H36. The summed E-state index contributed by atoms with van der Waals surface area (Å²) in [5.74, 6) is 0. The van der Waals surface area contributed by atoms with Crippen molar-refractivity contribution in [3.05, 3.63) is 12.2 Å². The van der Waals surface area contributed by atoms with Gasteiger partial charge in [0.2, 0.25) is 0 Å². The summed E-state index contributed by atoms with van der Waals surface area (Å²) in [7, 11) is 0. The molecule has 0 spiro atoms. The van der Waals surface area contributed by atoms with E-state index < -0.39 is 0 Å². The second-order valence-electron chi connectivity index (χ2n) is 6.83. The van der Waals surface area contributed by atoms with Crippen molar-refractivity contribution in [2.75, 3.05) is 0 Å². The number of unbranched alkanes of at least 4 members (excludes halogenated alkanes) is 8. The number of allylic oxidation sites excluding steroid dienone is 2. The van der Waals surface area contributed by atoms with E-state index in [1.807, 2.05) is 0 Å². The van der Waals surface area contributed by atoms with E-state index in [0.717, 1.165) is 0 Å². The van der Waals surface area contributed by atoms with E-state index in [9.17, 15) is 0 Å². The van der Waals surface area contributed by atoms with Crippen LogP contribution < -0.4 is 0 Å². The summed E-state index contributed by atoms with van der Waals surface area (Å²) < 4.78 is 0. The average molecular weight is 252 g/mol. The molecule has 0 fully saturated rings. The van der Waals surface area contributed by atoms with Crippen LogP contribution >= 0.6 is 0 Å². The highest BCUT2D eigenvalue weighted by Crippen LogP contribution is 2.22. The Kier molecular flexibility index (Phi) is 11.6. The zero-order chi connectivity index (χ0) is 13.7. The van der Waals surface area contributed by atoms with Crippen LogP contribution in [0.2, 0.25) is 0 Å². The molecule has 0 aliphatic carbocycles. The Morgan fingerprint density at radius 2 is 1.17 bits per heavy atom. The monoisotopic (exact) mass is 252 g/mol. The minimum absolute atomic E-state index is 0.531. The lowest BCUT2D eigenvalue weighted by molar-refractivity contribution is 0.356. The van der Waals surface area contributed by atoms with Gasteiger partial charge in [0.05, 0.1) is 0 Å². The van der Waals surface area contributed by atoms with Gasteiger partial charge in [-0.15, -0.1) is 0 Å². The van der Waals surface area contributed by atoms with Crippen LogP contribution in [-0.4, -0.2) is 0 Å². The van der Waals surface area contributed by atoms with Gasteiger partial charge in [-0.25, -0.2) is 0 Å². The van der Waals surface area contributed by atoms with Crippen molar-refractivity contribution >= 4 is 0 Å². The second-order valence-corrected chi connectivity index (χ2v) is 6.83. The molecule has 0 aromatic carbocycles. The smallest absolute Gasteiger partial charge is 0.0351 e. The van der Waals surface area contributed by atoms with Crippen LogP contribution in [-0.2, 0) is 0 Å². The maximum absolute atomic E-state index is 2.38. The lowest BCUT2D eigenvalue weighted by Crippen LogP contribution is -2.03. The molecule has 0 aromatic rings. The molecule has 0 rings (SSSR count). The molecule has 0 heteroatoms. The third-order valence-corrected chi connectivity index (χ3v) is 3.44. The van der Waals surface area contributed by atoms with Crippen LogP contribution in [0.15, 0.2) is 12.2 Å². The van der Waals surface area contributed by atoms with Gasteiger partial charge in [0.1, 0.15) is 0 Å². The molecule has 0 atom stereocenters. The van der Waals surface area contributed by atoms with Crippen LogP contribution in [0.4, 0.5) is 0 Å². The van der Waals surface area contributed by atoms with Gasteiger partial charge in [0.15, 0.2) is 0 Å². The van der Waals surface area contributed by atoms with Crippen LogP contribution in [0.5, 0.6) is 0 Å². The van der Waals surface area contributed by atoms with Gasteiger partial charge in [0, 0.05) is 0 Å². The summed E-state index contributed by atoms with van der Waals surface area (Å²) >= 11 is 0. The van der Waals surface area contributed by atoms with Gasteiger partial charge in [-0.05, 0) is 31.1 Å². The summed E-state index contributed by atoms with van der Waals surface area (Å²) in [6.45, 7) is 9.29. The predicted molar refractivity (Wildman–Crippen MR) is 85.1 cm³/mol. The predicted octanol–water partition coefficient (Wildman–Crippen LogP) is 6.90. The van der Waals surface area contributed by atoms with Gasteiger partial charge in [0.25, 0.3) is 0 Å². The molecule has 0 saturated heterocycles. The van der Waals surface area contributed by atoms with Gasteiger partial charge >= 0.3 is 0 Å². The normalized spacial score (nSPS) is 12.4. The lowest BCUT2D eigenvalue weighted by Gasteiger charge is -2.17. The van der Waals surface area contributed by atoms with Crippen LogP contribution in [0.1, 0.15) is 98.3 Å². The quantitative estimate of drug-likeness (QED) is 0.277. The van der Waals surface area contributed by atoms with Crippen LogP contribution in [0.25, 0.3) is 0 Å². The van der Waals surface area contributed by atoms with Crippen molar-refractivity contribution in [1.82, 2.24) is 0 Å². The first-order chi connectivity index (χ1) is 8.56. The Bertz CT molecular complexity index is 183. The molecule has 0 aliphatic heterocycles. The molecule has 108 valence electrons. The van der Waals surface area contributed by atoms with Gasteiger partial charge < -0.3 is 0 Å². The van der Waals surface area contributed by atoms with E-state index in [0.29, 0.717) is 5.41 Å². The summed E-state index contributed by atoms with van der Waals surface area (Å²) in [4.78, 5) is 0. The largest absolute Gasteiger partial charge is 0.0885 e. The van der Waals surface area contributed by atoms with Crippen LogP contribution in [0.3, 0.4) is 0 Å². The summed E-state index contributed by atoms with van der Waals surface area (Å²) in [5.41, 5.74) is 0.531. The highest BCUT2D eigenvalue weighted by Gasteiger charge is 2.08. The van der Waals surface area contributed by atoms with E-state index in [4.69, 9.17) is 0 Å². The first-order valence-corrected chi connectivity index (χ1v) is 8.21. The minimum atomic E-state index is 0.531. The Morgan fingerprint density at radius 3 is 1.72 bits per heavy atom. The van der Waals surface area contributed by atoms with E-state index >= 15 is 0 Å². The molecule has 18 heavy (non-hydrogen) atoms. The molecule has 0 aliphatic rings. The van der Waals surface area contributed by atoms with Crippen molar-refractivity contribution in [2.45, 2.75) is 98.3 Å². The SMILES string of the molecule is CCCC/C=C/CCCCCCCCC(C)(C)C. The topological polar surface area (TPSA) is 0 Å². The van der Waals surface area contributed by atoms with Crippen LogP contribution in [0, 0.1) is 5.41 Å². The van der Waals surface area contributed by atoms with Gasteiger partial charge in [-0.1, -0.05) is 84.8 Å². The Balaban J connectivity index is 3.10. The molecule has 0 nitrogen and oxygen atoms in total. The molecule has 0 heterocycles. The van der Waals surface area contributed by atoms with Crippen molar-refractivity contribution in [3.8, 4) is 0 Å². The minimum Gasteiger partial charge on any atom is -0.0885 e. The maximum atomic E-state index is 2.38. The van der Waals surface area contributed by atoms with Crippen molar-refractivity contribution in [2.24, 2.45) is 5.41 Å². The van der Waals surface area contributed by atoms with Crippen molar-refractivity contribution in [3.63, 3.8) is 0 Å². The fraction of sp³-hybridized carbons (Fsp3) is 0.889. The molecule has 0 aromatic heterocycles. The van der Waals surface area contributed by atoms with Crippen molar-refractivity contribution in [1.29, 1.82) is 0 Å². The number of rotatable bonds is 11. The molecule has 0 unspecified atom stereocenters. The highest BCUT2D eigenvalue weighted by molar-refractivity contribution is 4.81. The third-order valence-electron chi connectivity index (χ3n) is 3.44. The second kappa shape index (κ2) is 11.8. The lowest BCUT2D eigenvalue weighted by atomic mass is 9.89. The van der Waals surface area contributed by atoms with E-state index in [1.54, 1.807) is 0 Å². The molecule has 0 radical (unpaired) electrons. The van der Waals surface area contributed by atoms with E-state index in [-0.39, 0.29) is 0 Å². The van der Waals surface area contributed by atoms with E-state index in [1.165, 1.54) is 70.6 Å².